The second-order valence-electron chi connectivity index (χ2n) is 6.35. The van der Waals surface area contributed by atoms with Gasteiger partial charge in [0.2, 0.25) is 0 Å². The third-order valence-electron chi connectivity index (χ3n) is 4.16. The van der Waals surface area contributed by atoms with E-state index in [1.165, 1.54) is 12.8 Å². The Morgan fingerprint density at radius 1 is 1.38 bits per heavy atom. The fraction of sp³-hybridized carbons (Fsp3) is 0.750. The number of halogens is 4. The molecule has 1 aromatic rings. The van der Waals surface area contributed by atoms with Gasteiger partial charge in [0.15, 0.2) is 11.7 Å². The van der Waals surface area contributed by atoms with E-state index < -0.39 is 11.9 Å². The van der Waals surface area contributed by atoms with Crippen molar-refractivity contribution in [3.63, 3.8) is 0 Å². The minimum atomic E-state index is -4.37. The van der Waals surface area contributed by atoms with Crippen LogP contribution in [0.3, 0.4) is 0 Å². The maximum atomic E-state index is 12.5. The van der Waals surface area contributed by atoms with E-state index in [2.05, 4.69) is 32.4 Å². The molecule has 1 aliphatic rings. The molecule has 1 fully saturated rings. The molecule has 1 saturated heterocycles. The number of piperidine rings is 1. The molecule has 2 rings (SSSR count). The van der Waals surface area contributed by atoms with Crippen LogP contribution in [0.15, 0.2) is 10.4 Å². The number of likely N-dealkylation sites (tertiary alicyclic amines) is 1. The van der Waals surface area contributed by atoms with E-state index >= 15 is 0 Å². The van der Waals surface area contributed by atoms with E-state index in [1.54, 1.807) is 7.05 Å². The van der Waals surface area contributed by atoms with Crippen LogP contribution in [-0.4, -0.2) is 55.6 Å². The summed E-state index contributed by atoms with van der Waals surface area (Å²) in [5.41, 5.74) is -0.814. The number of guanidine groups is 1. The van der Waals surface area contributed by atoms with Crippen LogP contribution in [0.5, 0.6) is 0 Å². The van der Waals surface area contributed by atoms with Crippen molar-refractivity contribution in [2.24, 2.45) is 10.9 Å². The molecule has 1 unspecified atom stereocenters. The molecule has 1 aromatic heterocycles. The molecule has 0 aliphatic carbocycles. The van der Waals surface area contributed by atoms with Gasteiger partial charge in [-0.1, -0.05) is 6.92 Å². The van der Waals surface area contributed by atoms with Gasteiger partial charge in [-0.3, -0.25) is 4.99 Å². The SMILES string of the molecule is CN=C(NCCc1nc(C(F)(F)F)cs1)NCCN1CCCC(C)C1.I. The maximum Gasteiger partial charge on any atom is 0.434 e. The molecule has 5 nitrogen and oxygen atoms in total. The number of thiazole rings is 1. The van der Waals surface area contributed by atoms with Crippen LogP contribution in [0.25, 0.3) is 0 Å². The van der Waals surface area contributed by atoms with Crippen molar-refractivity contribution in [3.05, 3.63) is 16.1 Å². The molecule has 26 heavy (non-hydrogen) atoms. The quantitative estimate of drug-likeness (QED) is 0.354. The molecular weight excluding hydrogens is 478 g/mol. The van der Waals surface area contributed by atoms with E-state index in [1.807, 2.05) is 0 Å². The lowest BCUT2D eigenvalue weighted by Gasteiger charge is -2.30. The molecule has 2 N–H and O–H groups in total. The van der Waals surface area contributed by atoms with Crippen molar-refractivity contribution in [2.75, 3.05) is 39.8 Å². The largest absolute Gasteiger partial charge is 0.434 e. The molecule has 0 saturated carbocycles. The molecule has 0 amide bonds. The van der Waals surface area contributed by atoms with Crippen LogP contribution in [0.1, 0.15) is 30.5 Å². The summed E-state index contributed by atoms with van der Waals surface area (Å²) < 4.78 is 37.6. The van der Waals surface area contributed by atoms with Crippen molar-refractivity contribution in [1.29, 1.82) is 0 Å². The van der Waals surface area contributed by atoms with Gasteiger partial charge in [-0.05, 0) is 25.3 Å². The highest BCUT2D eigenvalue weighted by atomic mass is 127. The average Bonchev–Trinajstić information content (AvgIpc) is 3.02. The standard InChI is InChI=1S/C16H26F3N5S.HI/c1-12-4-3-8-24(10-12)9-7-22-15(20-2)21-6-5-14-23-13(11-25-14)16(17,18)19;/h11-12H,3-10H2,1-2H3,(H2,20,21,22);1H. The second-order valence-corrected chi connectivity index (χ2v) is 7.29. The molecule has 0 aromatic carbocycles. The van der Waals surface area contributed by atoms with Gasteiger partial charge in [0.05, 0.1) is 5.01 Å². The first-order valence-electron chi connectivity index (χ1n) is 8.57. The Morgan fingerprint density at radius 3 is 2.73 bits per heavy atom. The smallest absolute Gasteiger partial charge is 0.356 e. The Morgan fingerprint density at radius 2 is 2.12 bits per heavy atom. The van der Waals surface area contributed by atoms with Crippen LogP contribution >= 0.6 is 35.3 Å². The number of nitrogens with one attached hydrogen (secondary N) is 2. The first-order chi connectivity index (χ1) is 11.9. The van der Waals surface area contributed by atoms with Crippen molar-refractivity contribution >= 4 is 41.3 Å². The van der Waals surface area contributed by atoms with E-state index in [4.69, 9.17) is 0 Å². The van der Waals surface area contributed by atoms with Gasteiger partial charge in [-0.15, -0.1) is 35.3 Å². The summed E-state index contributed by atoms with van der Waals surface area (Å²) in [6.45, 7) is 6.81. The van der Waals surface area contributed by atoms with Crippen molar-refractivity contribution < 1.29 is 13.2 Å². The summed E-state index contributed by atoms with van der Waals surface area (Å²) in [4.78, 5) is 10.2. The van der Waals surface area contributed by atoms with Gasteiger partial charge in [0.1, 0.15) is 0 Å². The Bertz CT molecular complexity index is 564. The van der Waals surface area contributed by atoms with Gasteiger partial charge >= 0.3 is 6.18 Å². The summed E-state index contributed by atoms with van der Waals surface area (Å²) in [5.74, 6) is 1.42. The number of alkyl halides is 3. The fourth-order valence-electron chi connectivity index (χ4n) is 2.89. The van der Waals surface area contributed by atoms with Gasteiger partial charge < -0.3 is 15.5 Å². The van der Waals surface area contributed by atoms with Crippen LogP contribution in [0.4, 0.5) is 13.2 Å². The molecule has 150 valence electrons. The third-order valence-corrected chi connectivity index (χ3v) is 5.07. The van der Waals surface area contributed by atoms with Crippen LogP contribution in [0, 0.1) is 5.92 Å². The van der Waals surface area contributed by atoms with Gasteiger partial charge in [0, 0.05) is 45.0 Å². The van der Waals surface area contributed by atoms with E-state index in [9.17, 15) is 13.2 Å². The third kappa shape index (κ3) is 7.95. The fourth-order valence-corrected chi connectivity index (χ4v) is 3.69. The summed E-state index contributed by atoms with van der Waals surface area (Å²) in [6.07, 6.45) is -1.38. The zero-order valence-electron chi connectivity index (χ0n) is 15.1. The minimum absolute atomic E-state index is 0. The number of aromatic nitrogens is 1. The summed E-state index contributed by atoms with van der Waals surface area (Å²) in [7, 11) is 1.68. The number of hydrogen-bond acceptors (Lipinski definition) is 4. The molecule has 0 radical (unpaired) electrons. The highest BCUT2D eigenvalue weighted by Gasteiger charge is 2.33. The number of rotatable bonds is 6. The second kappa shape index (κ2) is 11.3. The molecule has 1 aliphatic heterocycles. The Kier molecular flexibility index (Phi) is 10.2. The first-order valence-corrected chi connectivity index (χ1v) is 9.45. The summed E-state index contributed by atoms with van der Waals surface area (Å²) in [6, 6.07) is 0. The highest BCUT2D eigenvalue weighted by Crippen LogP contribution is 2.29. The molecule has 2 heterocycles. The van der Waals surface area contributed by atoms with Gasteiger partial charge in [0.25, 0.3) is 0 Å². The van der Waals surface area contributed by atoms with Gasteiger partial charge in [-0.25, -0.2) is 4.98 Å². The monoisotopic (exact) mass is 505 g/mol. The first kappa shape index (κ1) is 23.4. The molecular formula is C16H27F3IN5S. The van der Waals surface area contributed by atoms with E-state index in [-0.39, 0.29) is 24.0 Å². The Labute approximate surface area is 173 Å². The van der Waals surface area contributed by atoms with E-state index in [0.717, 1.165) is 48.8 Å². The Balaban J connectivity index is 0.00000338. The van der Waals surface area contributed by atoms with Gasteiger partial charge in [-0.2, -0.15) is 13.2 Å². The zero-order valence-corrected chi connectivity index (χ0v) is 18.3. The molecule has 10 heteroatoms. The lowest BCUT2D eigenvalue weighted by Crippen LogP contribution is -2.44. The minimum Gasteiger partial charge on any atom is -0.356 e. The predicted molar refractivity (Wildman–Crippen MR) is 110 cm³/mol. The Hall–Kier alpha value is -0.620. The van der Waals surface area contributed by atoms with E-state index in [0.29, 0.717) is 23.9 Å². The molecule has 0 bridgehead atoms. The van der Waals surface area contributed by atoms with Crippen molar-refractivity contribution in [3.8, 4) is 0 Å². The molecule has 0 spiro atoms. The number of nitrogens with zero attached hydrogens (tertiary/aromatic N) is 3. The van der Waals surface area contributed by atoms with Crippen molar-refractivity contribution in [2.45, 2.75) is 32.4 Å². The predicted octanol–water partition coefficient (Wildman–Crippen LogP) is 3.22. The number of hydrogen-bond donors (Lipinski definition) is 2. The highest BCUT2D eigenvalue weighted by molar-refractivity contribution is 14.0. The topological polar surface area (TPSA) is 52.6 Å². The van der Waals surface area contributed by atoms with Crippen molar-refractivity contribution in [1.82, 2.24) is 20.5 Å². The average molecular weight is 505 g/mol. The normalized spacial score (nSPS) is 19.1. The molecule has 1 atom stereocenters. The number of aliphatic imine (C=N–C) groups is 1. The van der Waals surface area contributed by atoms with Crippen LogP contribution in [0.2, 0.25) is 0 Å². The van der Waals surface area contributed by atoms with Crippen LogP contribution < -0.4 is 10.6 Å². The maximum absolute atomic E-state index is 12.5. The lowest BCUT2D eigenvalue weighted by atomic mass is 10.0. The zero-order chi connectivity index (χ0) is 18.3. The summed E-state index contributed by atoms with van der Waals surface area (Å²) in [5, 5.41) is 7.89. The van der Waals surface area contributed by atoms with Crippen LogP contribution in [-0.2, 0) is 12.6 Å². The lowest BCUT2D eigenvalue weighted by molar-refractivity contribution is -0.140. The summed E-state index contributed by atoms with van der Waals surface area (Å²) >= 11 is 1.03.